The molecular formula is C21H23NO4S. The summed E-state index contributed by atoms with van der Waals surface area (Å²) in [6.45, 7) is 2.42. The lowest BCUT2D eigenvalue weighted by molar-refractivity contribution is 0.385. The van der Waals surface area contributed by atoms with Gasteiger partial charge in [-0.05, 0) is 37.5 Å². The Labute approximate surface area is 160 Å². The highest BCUT2D eigenvalue weighted by Crippen LogP contribution is 2.60. The van der Waals surface area contributed by atoms with Gasteiger partial charge in [-0.15, -0.1) is 0 Å². The van der Waals surface area contributed by atoms with Crippen LogP contribution in [0.15, 0.2) is 59.6 Å². The summed E-state index contributed by atoms with van der Waals surface area (Å²) in [5.74, 6) is 1.76. The number of aryl methyl sites for hydroxylation is 1. The third-order valence-electron chi connectivity index (χ3n) is 5.63. The van der Waals surface area contributed by atoms with Gasteiger partial charge in [-0.3, -0.25) is 4.31 Å². The fraction of sp³-hybridized carbons (Fsp3) is 0.333. The zero-order chi connectivity index (χ0) is 19.2. The molecule has 2 aliphatic rings. The van der Waals surface area contributed by atoms with E-state index in [-0.39, 0.29) is 11.3 Å². The number of methoxy groups -OCH3 is 2. The Morgan fingerprint density at radius 1 is 1.07 bits per heavy atom. The Morgan fingerprint density at radius 2 is 1.81 bits per heavy atom. The molecule has 0 unspecified atom stereocenters. The molecule has 1 aliphatic carbocycles. The average Bonchev–Trinajstić information content (AvgIpc) is 3.42. The molecule has 27 heavy (non-hydrogen) atoms. The molecule has 0 N–H and O–H groups in total. The number of ether oxygens (including phenoxy) is 2. The molecule has 142 valence electrons. The number of nitrogens with zero attached hydrogens (tertiary/aromatic N) is 1. The van der Waals surface area contributed by atoms with E-state index in [4.69, 9.17) is 9.47 Å². The van der Waals surface area contributed by atoms with Crippen LogP contribution in [0.5, 0.6) is 11.5 Å². The van der Waals surface area contributed by atoms with Crippen LogP contribution in [0.4, 0.5) is 0 Å². The van der Waals surface area contributed by atoms with Crippen molar-refractivity contribution in [1.29, 1.82) is 0 Å². The molecule has 2 aromatic carbocycles. The van der Waals surface area contributed by atoms with Gasteiger partial charge >= 0.3 is 0 Å². The number of fused-ring (bicyclic) bond motifs is 1. The molecule has 1 heterocycles. The van der Waals surface area contributed by atoms with E-state index in [0.717, 1.165) is 29.0 Å². The van der Waals surface area contributed by atoms with Gasteiger partial charge in [-0.2, -0.15) is 0 Å². The monoisotopic (exact) mass is 385 g/mol. The van der Waals surface area contributed by atoms with Crippen molar-refractivity contribution in [2.45, 2.75) is 23.7 Å². The second-order valence-electron chi connectivity index (χ2n) is 7.21. The summed E-state index contributed by atoms with van der Waals surface area (Å²) in [5, 5.41) is 0. The molecule has 1 saturated carbocycles. The first-order chi connectivity index (χ1) is 12.9. The minimum absolute atomic E-state index is 0.156. The van der Waals surface area contributed by atoms with Gasteiger partial charge in [0.1, 0.15) is 11.5 Å². The molecule has 2 aromatic rings. The van der Waals surface area contributed by atoms with E-state index < -0.39 is 10.0 Å². The van der Waals surface area contributed by atoms with Gasteiger partial charge in [-0.25, -0.2) is 8.42 Å². The third-order valence-corrected chi connectivity index (χ3v) is 7.38. The molecule has 2 atom stereocenters. The predicted molar refractivity (Wildman–Crippen MR) is 104 cm³/mol. The van der Waals surface area contributed by atoms with Crippen LogP contribution in [0, 0.1) is 12.8 Å². The third kappa shape index (κ3) is 2.88. The summed E-state index contributed by atoms with van der Waals surface area (Å²) in [4.78, 5) is 0.327. The first kappa shape index (κ1) is 17.9. The highest BCUT2D eigenvalue weighted by molar-refractivity contribution is 7.89. The minimum atomic E-state index is -3.53. The van der Waals surface area contributed by atoms with E-state index in [1.165, 1.54) is 4.31 Å². The van der Waals surface area contributed by atoms with Crippen molar-refractivity contribution in [3.05, 3.63) is 65.9 Å². The molecular weight excluding hydrogens is 362 g/mol. The van der Waals surface area contributed by atoms with Gasteiger partial charge in [0.25, 0.3) is 10.0 Å². The van der Waals surface area contributed by atoms with E-state index in [2.05, 4.69) is 0 Å². The number of sulfonamides is 1. The van der Waals surface area contributed by atoms with Crippen molar-refractivity contribution in [3.8, 4) is 11.5 Å². The second kappa shape index (κ2) is 6.30. The minimum Gasteiger partial charge on any atom is -0.497 e. The fourth-order valence-electron chi connectivity index (χ4n) is 3.90. The van der Waals surface area contributed by atoms with Crippen molar-refractivity contribution >= 4 is 10.0 Å². The molecule has 0 aromatic heterocycles. The Kier molecular flexibility index (Phi) is 4.18. The van der Waals surface area contributed by atoms with Crippen molar-refractivity contribution in [3.63, 3.8) is 0 Å². The molecule has 4 rings (SSSR count). The lowest BCUT2D eigenvalue weighted by Gasteiger charge is -2.28. The van der Waals surface area contributed by atoms with E-state index in [1.807, 2.05) is 43.3 Å². The fourth-order valence-corrected chi connectivity index (χ4v) is 5.25. The molecule has 0 radical (unpaired) electrons. The van der Waals surface area contributed by atoms with E-state index in [0.29, 0.717) is 11.4 Å². The van der Waals surface area contributed by atoms with Crippen molar-refractivity contribution in [1.82, 2.24) is 4.31 Å². The molecule has 5 nitrogen and oxygen atoms in total. The highest BCUT2D eigenvalue weighted by Gasteiger charge is 2.57. The van der Waals surface area contributed by atoms with E-state index in [1.54, 1.807) is 32.6 Å². The molecule has 1 fully saturated rings. The SMILES string of the molecule is COc1ccc([C@@]23C=CN(S(=O)(=O)c4ccc(C)cc4)C[C@@H]2C3)c(OC)c1. The summed E-state index contributed by atoms with van der Waals surface area (Å²) in [6.07, 6.45) is 4.63. The maximum Gasteiger partial charge on any atom is 0.263 e. The Bertz CT molecular complexity index is 997. The second-order valence-corrected chi connectivity index (χ2v) is 9.10. The standard InChI is InChI=1S/C21H23NO4S/c1-15-4-7-18(8-5-15)27(23,24)22-11-10-21(13-16(21)14-22)19-9-6-17(25-2)12-20(19)26-3/h4-12,16H,13-14H2,1-3H3/t16-,21+/m0/s1. The molecule has 0 spiro atoms. The first-order valence-corrected chi connectivity index (χ1v) is 10.3. The summed E-state index contributed by atoms with van der Waals surface area (Å²) >= 11 is 0. The smallest absolute Gasteiger partial charge is 0.263 e. The number of benzene rings is 2. The van der Waals surface area contributed by atoms with Gasteiger partial charge in [0.05, 0.1) is 19.1 Å². The summed E-state index contributed by atoms with van der Waals surface area (Å²) in [6, 6.07) is 12.8. The van der Waals surface area contributed by atoms with Crippen molar-refractivity contribution in [2.75, 3.05) is 20.8 Å². The number of hydrogen-bond acceptors (Lipinski definition) is 4. The van der Waals surface area contributed by atoms with Crippen LogP contribution in [0.1, 0.15) is 17.5 Å². The van der Waals surface area contributed by atoms with Crippen LogP contribution in [0.25, 0.3) is 0 Å². The Morgan fingerprint density at radius 3 is 2.44 bits per heavy atom. The van der Waals surface area contributed by atoms with Crippen LogP contribution in [0.2, 0.25) is 0 Å². The first-order valence-electron chi connectivity index (χ1n) is 8.91. The predicted octanol–water partition coefficient (Wildman–Crippen LogP) is 3.49. The Balaban J connectivity index is 1.64. The lowest BCUT2D eigenvalue weighted by Crippen LogP contribution is -2.33. The number of allylic oxidation sites excluding steroid dienone is 1. The van der Waals surface area contributed by atoms with Crippen LogP contribution in [0.3, 0.4) is 0 Å². The maximum absolute atomic E-state index is 12.9. The normalized spacial score (nSPS) is 23.7. The molecule has 0 bridgehead atoms. The number of hydrogen-bond donors (Lipinski definition) is 0. The quantitative estimate of drug-likeness (QED) is 0.791. The molecule has 0 amide bonds. The zero-order valence-electron chi connectivity index (χ0n) is 15.7. The van der Waals surface area contributed by atoms with Gasteiger partial charge in [0.2, 0.25) is 0 Å². The van der Waals surface area contributed by atoms with Crippen LogP contribution >= 0.6 is 0 Å². The summed E-state index contributed by atoms with van der Waals surface area (Å²) < 4.78 is 38.2. The van der Waals surface area contributed by atoms with Gasteiger partial charge in [-0.1, -0.05) is 29.8 Å². The largest absolute Gasteiger partial charge is 0.497 e. The molecule has 6 heteroatoms. The zero-order valence-corrected chi connectivity index (χ0v) is 16.5. The van der Waals surface area contributed by atoms with Gasteiger partial charge in [0, 0.05) is 29.8 Å². The maximum atomic E-state index is 12.9. The highest BCUT2D eigenvalue weighted by atomic mass is 32.2. The van der Waals surface area contributed by atoms with E-state index in [9.17, 15) is 8.42 Å². The Hall–Kier alpha value is -2.47. The van der Waals surface area contributed by atoms with Crippen molar-refractivity contribution < 1.29 is 17.9 Å². The van der Waals surface area contributed by atoms with Gasteiger partial charge in [0.15, 0.2) is 0 Å². The van der Waals surface area contributed by atoms with Gasteiger partial charge < -0.3 is 9.47 Å². The van der Waals surface area contributed by atoms with Crippen LogP contribution in [-0.4, -0.2) is 33.5 Å². The molecule has 1 aliphatic heterocycles. The van der Waals surface area contributed by atoms with Crippen LogP contribution < -0.4 is 9.47 Å². The number of rotatable bonds is 5. The molecule has 0 saturated heterocycles. The summed E-state index contributed by atoms with van der Waals surface area (Å²) in [7, 11) is -0.253. The summed E-state index contributed by atoms with van der Waals surface area (Å²) in [5.41, 5.74) is 1.96. The van der Waals surface area contributed by atoms with Crippen LogP contribution in [-0.2, 0) is 15.4 Å². The van der Waals surface area contributed by atoms with Crippen molar-refractivity contribution in [2.24, 2.45) is 5.92 Å². The lowest BCUT2D eigenvalue weighted by atomic mass is 9.91. The average molecular weight is 385 g/mol. The van der Waals surface area contributed by atoms with E-state index >= 15 is 0 Å². The topological polar surface area (TPSA) is 55.8 Å².